The van der Waals surface area contributed by atoms with Gasteiger partial charge >= 0.3 is 0 Å². The first kappa shape index (κ1) is 21.0. The van der Waals surface area contributed by atoms with Crippen LogP contribution in [0.2, 0.25) is 0 Å². The van der Waals surface area contributed by atoms with Crippen molar-refractivity contribution in [2.75, 3.05) is 11.3 Å². The number of hydrogen-bond donors (Lipinski definition) is 2. The monoisotopic (exact) mass is 442 g/mol. The highest BCUT2D eigenvalue weighted by atomic mass is 32.2. The minimum Gasteiger partial charge on any atom is -0.462 e. The summed E-state index contributed by atoms with van der Waals surface area (Å²) in [6.07, 6.45) is 5.99. The van der Waals surface area contributed by atoms with E-state index in [-0.39, 0.29) is 16.3 Å². The maximum absolute atomic E-state index is 13.8. The van der Waals surface area contributed by atoms with E-state index in [1.165, 1.54) is 36.7 Å². The molecule has 0 radical (unpaired) electrons. The maximum Gasteiger partial charge on any atom is 0.225 e. The van der Waals surface area contributed by atoms with Crippen LogP contribution in [-0.2, 0) is 16.3 Å². The Labute approximate surface area is 179 Å². The van der Waals surface area contributed by atoms with Gasteiger partial charge in [-0.1, -0.05) is 6.07 Å². The van der Waals surface area contributed by atoms with E-state index in [1.807, 2.05) is 0 Å². The van der Waals surface area contributed by atoms with Gasteiger partial charge in [0.25, 0.3) is 0 Å². The summed E-state index contributed by atoms with van der Waals surface area (Å²) in [6, 6.07) is 8.21. The minimum atomic E-state index is -3.44. The van der Waals surface area contributed by atoms with E-state index < -0.39 is 21.7 Å². The molecule has 2 bridgehead atoms. The number of aliphatic imine (C=N–C) groups is 1. The van der Waals surface area contributed by atoms with E-state index in [0.29, 0.717) is 29.0 Å². The molecule has 7 nitrogen and oxygen atoms in total. The summed E-state index contributed by atoms with van der Waals surface area (Å²) in [4.78, 5) is 4.53. The number of ether oxygens (including phenoxy) is 1. The van der Waals surface area contributed by atoms with E-state index in [1.54, 1.807) is 25.1 Å². The third kappa shape index (κ3) is 4.14. The van der Waals surface area contributed by atoms with Crippen molar-refractivity contribution in [3.63, 3.8) is 0 Å². The number of hydroxylamine groups is 1. The molecule has 2 aliphatic heterocycles. The van der Waals surface area contributed by atoms with Gasteiger partial charge in [0.05, 0.1) is 28.4 Å². The summed E-state index contributed by atoms with van der Waals surface area (Å²) in [5.74, 6) is -0.386. The van der Waals surface area contributed by atoms with Gasteiger partial charge in [-0.3, -0.25) is 15.7 Å². The molecule has 2 aliphatic rings. The first-order valence-electron chi connectivity index (χ1n) is 9.50. The Kier molecular flexibility index (Phi) is 5.24. The second kappa shape index (κ2) is 7.75. The molecule has 0 saturated heterocycles. The number of hydrogen-bond acceptors (Lipinski definition) is 6. The SMILES string of the molecule is CC1Cc2ccc(S(C)(=O)=O)cc2C2=C/C(=C\Oc3cc(F)ccc3N1O)C(=[NH2+])C=N2. The molecule has 0 aliphatic carbocycles. The first-order valence-corrected chi connectivity index (χ1v) is 11.4. The molecule has 1 unspecified atom stereocenters. The van der Waals surface area contributed by atoms with Crippen LogP contribution < -0.4 is 15.2 Å². The lowest BCUT2D eigenvalue weighted by atomic mass is 9.96. The number of sulfone groups is 1. The van der Waals surface area contributed by atoms with Crippen LogP contribution in [0.15, 0.2) is 64.2 Å². The van der Waals surface area contributed by atoms with Crippen molar-refractivity contribution in [1.82, 2.24) is 0 Å². The third-order valence-electron chi connectivity index (χ3n) is 5.17. The lowest BCUT2D eigenvalue weighted by Gasteiger charge is -2.27. The van der Waals surface area contributed by atoms with Crippen molar-refractivity contribution in [3.05, 3.63) is 71.3 Å². The molecule has 3 N–H and O–H groups in total. The molecule has 2 heterocycles. The molecule has 9 heteroatoms. The largest absolute Gasteiger partial charge is 0.462 e. The zero-order valence-corrected chi connectivity index (χ0v) is 17.7. The zero-order valence-electron chi connectivity index (χ0n) is 16.9. The molecular formula is C22H21FN3O4S+. The van der Waals surface area contributed by atoms with E-state index >= 15 is 0 Å². The average Bonchev–Trinajstić information content (AvgIpc) is 2.71. The Hall–Kier alpha value is -3.30. The smallest absolute Gasteiger partial charge is 0.225 e. The average molecular weight is 442 g/mol. The highest BCUT2D eigenvalue weighted by Crippen LogP contribution is 2.34. The van der Waals surface area contributed by atoms with Crippen molar-refractivity contribution in [3.8, 4) is 5.75 Å². The lowest BCUT2D eigenvalue weighted by Crippen LogP contribution is -2.42. The lowest BCUT2D eigenvalue weighted by molar-refractivity contribution is -0.109. The number of benzene rings is 2. The number of halogens is 1. The van der Waals surface area contributed by atoms with Gasteiger partial charge in [-0.15, -0.1) is 0 Å². The van der Waals surface area contributed by atoms with E-state index in [4.69, 9.17) is 10.1 Å². The standard InChI is InChI=1S/C22H20FN3O4S/c1-13-7-14-3-5-17(31(2,28)29)10-18(14)20-8-15(19(24)11-25-20)12-30-22-9-16(23)4-6-21(22)26(13)27/h3-6,8-13,24,27H,7H2,1-2H3/p+1/b15-12+,24-19?. The number of fused-ring (bicyclic) bond motifs is 4. The van der Waals surface area contributed by atoms with Crippen LogP contribution in [0, 0.1) is 5.82 Å². The zero-order chi connectivity index (χ0) is 22.3. The molecule has 0 amide bonds. The van der Waals surface area contributed by atoms with Crippen LogP contribution in [-0.4, -0.2) is 37.8 Å². The maximum atomic E-state index is 13.8. The topological polar surface area (TPSA) is 105 Å². The number of nitrogens with two attached hydrogens (primary N) is 1. The van der Waals surface area contributed by atoms with Crippen LogP contribution in [0.4, 0.5) is 10.1 Å². The van der Waals surface area contributed by atoms with Crippen LogP contribution in [0.5, 0.6) is 5.75 Å². The third-order valence-corrected chi connectivity index (χ3v) is 6.28. The van der Waals surface area contributed by atoms with Gasteiger partial charge in [-0.05, 0) is 49.2 Å². The van der Waals surface area contributed by atoms with Crippen molar-refractivity contribution in [2.45, 2.75) is 24.3 Å². The van der Waals surface area contributed by atoms with Crippen LogP contribution >= 0.6 is 0 Å². The van der Waals surface area contributed by atoms with Gasteiger partial charge in [0.2, 0.25) is 5.71 Å². The number of rotatable bonds is 1. The first-order chi connectivity index (χ1) is 14.6. The Balaban J connectivity index is 1.93. The molecule has 4 rings (SSSR count). The molecule has 0 fully saturated rings. The Bertz CT molecular complexity index is 1280. The van der Waals surface area contributed by atoms with Crippen molar-refractivity contribution >= 4 is 33.1 Å². The summed E-state index contributed by atoms with van der Waals surface area (Å²) < 4.78 is 43.7. The van der Waals surface area contributed by atoms with Crippen molar-refractivity contribution in [2.24, 2.45) is 4.99 Å². The second-order valence-electron chi connectivity index (χ2n) is 7.54. The Morgan fingerprint density at radius 3 is 2.77 bits per heavy atom. The molecule has 0 spiro atoms. The predicted octanol–water partition coefficient (Wildman–Crippen LogP) is 1.96. The highest BCUT2D eigenvalue weighted by molar-refractivity contribution is 7.90. The summed E-state index contributed by atoms with van der Waals surface area (Å²) in [6.45, 7) is 1.79. The molecule has 2 aromatic rings. The number of nitrogens with zero attached hydrogens (tertiary/aromatic N) is 2. The Morgan fingerprint density at radius 1 is 1.26 bits per heavy atom. The van der Waals surface area contributed by atoms with Gasteiger partial charge in [0.15, 0.2) is 15.6 Å². The molecule has 160 valence electrons. The molecule has 2 aromatic carbocycles. The normalized spacial score (nSPS) is 20.3. The van der Waals surface area contributed by atoms with Gasteiger partial charge in [0.1, 0.15) is 17.8 Å². The molecule has 1 atom stereocenters. The van der Waals surface area contributed by atoms with E-state index in [9.17, 15) is 18.0 Å². The molecule has 0 aromatic heterocycles. The summed E-state index contributed by atoms with van der Waals surface area (Å²) >= 11 is 0. The minimum absolute atomic E-state index is 0.125. The highest BCUT2D eigenvalue weighted by Gasteiger charge is 2.24. The van der Waals surface area contributed by atoms with Crippen LogP contribution in [0.1, 0.15) is 18.1 Å². The predicted molar refractivity (Wildman–Crippen MR) is 115 cm³/mol. The fourth-order valence-electron chi connectivity index (χ4n) is 3.47. The molecule has 0 saturated carbocycles. The van der Waals surface area contributed by atoms with Gasteiger partial charge < -0.3 is 4.74 Å². The fourth-order valence-corrected chi connectivity index (χ4v) is 4.12. The quantitative estimate of drug-likeness (QED) is 0.703. The molecular weight excluding hydrogens is 421 g/mol. The summed E-state index contributed by atoms with van der Waals surface area (Å²) in [5, 5.41) is 17.8. The van der Waals surface area contributed by atoms with Crippen molar-refractivity contribution < 1.29 is 28.2 Å². The van der Waals surface area contributed by atoms with Gasteiger partial charge in [-0.2, -0.15) is 0 Å². The molecule has 31 heavy (non-hydrogen) atoms. The van der Waals surface area contributed by atoms with E-state index in [2.05, 4.69) is 4.99 Å². The van der Waals surface area contributed by atoms with Crippen LogP contribution in [0.25, 0.3) is 5.70 Å². The van der Waals surface area contributed by atoms with Gasteiger partial charge in [0, 0.05) is 17.9 Å². The second-order valence-corrected chi connectivity index (χ2v) is 9.55. The number of allylic oxidation sites excluding steroid dienone is 2. The summed E-state index contributed by atoms with van der Waals surface area (Å²) in [5.41, 5.74) is 2.99. The van der Waals surface area contributed by atoms with Crippen molar-refractivity contribution in [1.29, 1.82) is 0 Å². The number of anilines is 1. The van der Waals surface area contributed by atoms with Gasteiger partial charge in [-0.25, -0.2) is 17.8 Å². The van der Waals surface area contributed by atoms with E-state index in [0.717, 1.165) is 16.9 Å². The fraction of sp³-hybridized carbons (Fsp3) is 0.182. The Morgan fingerprint density at radius 2 is 2.03 bits per heavy atom. The van der Waals surface area contributed by atoms with Crippen LogP contribution in [0.3, 0.4) is 0 Å². The summed E-state index contributed by atoms with van der Waals surface area (Å²) in [7, 11) is -3.44.